The van der Waals surface area contributed by atoms with Crippen molar-refractivity contribution in [3.05, 3.63) is 30.1 Å². The van der Waals surface area contributed by atoms with Crippen LogP contribution in [-0.4, -0.2) is 41.2 Å². The number of nitrogens with one attached hydrogen (secondary N) is 1. The maximum atomic E-state index is 9.49. The van der Waals surface area contributed by atoms with Crippen molar-refractivity contribution in [3.8, 4) is 0 Å². The average Bonchev–Trinajstić information content (AvgIpc) is 2.68. The van der Waals surface area contributed by atoms with E-state index in [9.17, 15) is 5.11 Å². The summed E-state index contributed by atoms with van der Waals surface area (Å²) < 4.78 is 2.07. The second-order valence-corrected chi connectivity index (χ2v) is 4.57. The Kier molecular flexibility index (Phi) is 3.84. The van der Waals surface area contributed by atoms with Gasteiger partial charge in [0.1, 0.15) is 5.65 Å². The summed E-state index contributed by atoms with van der Waals surface area (Å²) in [6, 6.07) is 5.95. The summed E-state index contributed by atoms with van der Waals surface area (Å²) in [6.45, 7) is 3.09. The van der Waals surface area contributed by atoms with E-state index < -0.39 is 0 Å². The average molecular weight is 248 g/mol. The van der Waals surface area contributed by atoms with E-state index >= 15 is 0 Å². The molecule has 0 saturated heterocycles. The van der Waals surface area contributed by atoms with Crippen molar-refractivity contribution in [2.45, 2.75) is 19.6 Å². The number of rotatable bonds is 5. The molecule has 2 rings (SSSR count). The lowest BCUT2D eigenvalue weighted by atomic mass is 10.3. The van der Waals surface area contributed by atoms with Crippen LogP contribution in [0.25, 0.3) is 5.65 Å². The number of pyridine rings is 1. The third kappa shape index (κ3) is 2.47. The maximum absolute atomic E-state index is 9.49. The summed E-state index contributed by atoms with van der Waals surface area (Å²) >= 11 is 0. The van der Waals surface area contributed by atoms with Crippen LogP contribution in [0.5, 0.6) is 0 Å². The molecule has 98 valence electrons. The highest BCUT2D eigenvalue weighted by atomic mass is 16.3. The van der Waals surface area contributed by atoms with Crippen molar-refractivity contribution in [2.75, 3.05) is 25.5 Å². The molecule has 2 N–H and O–H groups in total. The van der Waals surface area contributed by atoms with Crippen molar-refractivity contribution in [3.63, 3.8) is 0 Å². The van der Waals surface area contributed by atoms with Gasteiger partial charge < -0.3 is 19.7 Å². The molecule has 0 aromatic carbocycles. The fourth-order valence-corrected chi connectivity index (χ4v) is 2.15. The SMILES string of the molecule is CNCc1c(N(C)CC(C)O)nc2ccccn12. The quantitative estimate of drug-likeness (QED) is 0.824. The molecule has 2 aromatic heterocycles. The highest BCUT2D eigenvalue weighted by Gasteiger charge is 2.15. The van der Waals surface area contributed by atoms with Gasteiger partial charge in [-0.05, 0) is 26.1 Å². The molecule has 0 aliphatic heterocycles. The Morgan fingerprint density at radius 2 is 2.28 bits per heavy atom. The van der Waals surface area contributed by atoms with E-state index in [2.05, 4.69) is 14.7 Å². The van der Waals surface area contributed by atoms with Crippen LogP contribution >= 0.6 is 0 Å². The molecule has 1 atom stereocenters. The Labute approximate surface area is 107 Å². The molecule has 2 aromatic rings. The second kappa shape index (κ2) is 5.37. The lowest BCUT2D eigenvalue weighted by Crippen LogP contribution is -2.28. The maximum Gasteiger partial charge on any atom is 0.152 e. The van der Waals surface area contributed by atoms with Crippen molar-refractivity contribution in [1.82, 2.24) is 14.7 Å². The van der Waals surface area contributed by atoms with Crippen LogP contribution in [0.4, 0.5) is 5.82 Å². The van der Waals surface area contributed by atoms with Gasteiger partial charge in [0.2, 0.25) is 0 Å². The summed E-state index contributed by atoms with van der Waals surface area (Å²) in [7, 11) is 3.87. The van der Waals surface area contributed by atoms with E-state index in [1.807, 2.05) is 43.4 Å². The number of imidazole rings is 1. The number of aliphatic hydroxyl groups is 1. The second-order valence-electron chi connectivity index (χ2n) is 4.57. The molecular formula is C13H20N4O. The molecule has 0 radical (unpaired) electrons. The van der Waals surface area contributed by atoms with Gasteiger partial charge >= 0.3 is 0 Å². The third-order valence-corrected chi connectivity index (χ3v) is 2.85. The standard InChI is InChI=1S/C13H20N4O/c1-10(18)9-16(3)13-11(8-14-2)17-7-5-4-6-12(17)15-13/h4-7,10,14,18H,8-9H2,1-3H3. The first-order valence-electron chi connectivity index (χ1n) is 6.13. The van der Waals surface area contributed by atoms with Gasteiger partial charge in [0.15, 0.2) is 5.82 Å². The highest BCUT2D eigenvalue weighted by molar-refractivity contribution is 5.55. The van der Waals surface area contributed by atoms with Crippen molar-refractivity contribution in [2.24, 2.45) is 0 Å². The fraction of sp³-hybridized carbons (Fsp3) is 0.462. The predicted molar refractivity (Wildman–Crippen MR) is 72.9 cm³/mol. The van der Waals surface area contributed by atoms with Gasteiger partial charge in [-0.15, -0.1) is 0 Å². The van der Waals surface area contributed by atoms with Crippen LogP contribution in [0.1, 0.15) is 12.6 Å². The van der Waals surface area contributed by atoms with Crippen LogP contribution in [0.15, 0.2) is 24.4 Å². The van der Waals surface area contributed by atoms with Crippen LogP contribution < -0.4 is 10.2 Å². The van der Waals surface area contributed by atoms with Crippen molar-refractivity contribution >= 4 is 11.5 Å². The van der Waals surface area contributed by atoms with Gasteiger partial charge in [-0.3, -0.25) is 0 Å². The summed E-state index contributed by atoms with van der Waals surface area (Å²) in [6.07, 6.45) is 1.64. The summed E-state index contributed by atoms with van der Waals surface area (Å²) in [5.74, 6) is 0.913. The normalized spacial score (nSPS) is 12.9. The number of fused-ring (bicyclic) bond motifs is 1. The lowest BCUT2D eigenvalue weighted by molar-refractivity contribution is 0.201. The van der Waals surface area contributed by atoms with Gasteiger partial charge in [-0.25, -0.2) is 4.98 Å². The van der Waals surface area contributed by atoms with Gasteiger partial charge in [0.05, 0.1) is 11.8 Å². The van der Waals surface area contributed by atoms with E-state index in [0.29, 0.717) is 6.54 Å². The van der Waals surface area contributed by atoms with Crippen LogP contribution in [-0.2, 0) is 6.54 Å². The minimum Gasteiger partial charge on any atom is -0.392 e. The Hall–Kier alpha value is -1.59. The van der Waals surface area contributed by atoms with Crippen molar-refractivity contribution < 1.29 is 5.11 Å². The lowest BCUT2D eigenvalue weighted by Gasteiger charge is -2.19. The van der Waals surface area contributed by atoms with Gasteiger partial charge in [-0.1, -0.05) is 6.07 Å². The van der Waals surface area contributed by atoms with E-state index in [4.69, 9.17) is 0 Å². The fourth-order valence-electron chi connectivity index (χ4n) is 2.15. The predicted octanol–water partition coefficient (Wildman–Crippen LogP) is 0.871. The molecule has 0 bridgehead atoms. The Morgan fingerprint density at radius 3 is 2.94 bits per heavy atom. The smallest absolute Gasteiger partial charge is 0.152 e. The number of nitrogens with zero attached hydrogens (tertiary/aromatic N) is 3. The molecule has 5 heteroatoms. The molecule has 0 fully saturated rings. The van der Waals surface area contributed by atoms with E-state index in [1.54, 1.807) is 6.92 Å². The first kappa shape index (κ1) is 12.9. The summed E-state index contributed by atoms with van der Waals surface area (Å²) in [5, 5.41) is 12.6. The van der Waals surface area contributed by atoms with Crippen molar-refractivity contribution in [1.29, 1.82) is 0 Å². The number of likely N-dealkylation sites (N-methyl/N-ethyl adjacent to an activating group) is 1. The molecule has 0 aliphatic carbocycles. The Balaban J connectivity index is 2.44. The molecule has 1 unspecified atom stereocenters. The zero-order valence-corrected chi connectivity index (χ0v) is 11.1. The molecule has 0 aliphatic rings. The zero-order valence-electron chi connectivity index (χ0n) is 11.1. The first-order valence-corrected chi connectivity index (χ1v) is 6.13. The summed E-state index contributed by atoms with van der Waals surface area (Å²) in [4.78, 5) is 6.61. The third-order valence-electron chi connectivity index (χ3n) is 2.85. The first-order chi connectivity index (χ1) is 8.63. The highest BCUT2D eigenvalue weighted by Crippen LogP contribution is 2.20. The number of aliphatic hydroxyl groups excluding tert-OH is 1. The molecule has 0 saturated carbocycles. The molecular weight excluding hydrogens is 228 g/mol. The van der Waals surface area contributed by atoms with Gasteiger partial charge in [0.25, 0.3) is 0 Å². The van der Waals surface area contributed by atoms with E-state index in [0.717, 1.165) is 23.7 Å². The largest absolute Gasteiger partial charge is 0.392 e. The minimum atomic E-state index is -0.373. The molecule has 0 amide bonds. The molecule has 0 spiro atoms. The van der Waals surface area contributed by atoms with Gasteiger partial charge in [0, 0.05) is 26.3 Å². The van der Waals surface area contributed by atoms with Crippen LogP contribution in [0, 0.1) is 0 Å². The van der Waals surface area contributed by atoms with Crippen LogP contribution in [0.3, 0.4) is 0 Å². The number of hydrogen-bond donors (Lipinski definition) is 2. The van der Waals surface area contributed by atoms with E-state index in [-0.39, 0.29) is 6.10 Å². The van der Waals surface area contributed by atoms with Crippen LogP contribution in [0.2, 0.25) is 0 Å². The molecule has 2 heterocycles. The number of hydrogen-bond acceptors (Lipinski definition) is 4. The topological polar surface area (TPSA) is 52.8 Å². The number of anilines is 1. The number of aromatic nitrogens is 2. The van der Waals surface area contributed by atoms with Gasteiger partial charge in [-0.2, -0.15) is 0 Å². The molecule has 18 heavy (non-hydrogen) atoms. The Bertz CT molecular complexity index is 521. The minimum absolute atomic E-state index is 0.373. The summed E-state index contributed by atoms with van der Waals surface area (Å²) in [5.41, 5.74) is 2.03. The Morgan fingerprint density at radius 1 is 1.50 bits per heavy atom. The monoisotopic (exact) mass is 248 g/mol. The molecule has 5 nitrogen and oxygen atoms in total. The van der Waals surface area contributed by atoms with E-state index in [1.165, 1.54) is 0 Å². The zero-order chi connectivity index (χ0) is 13.1.